The average Bonchev–Trinajstić information content (AvgIpc) is 2.82. The monoisotopic (exact) mass is 296 g/mol. The first-order valence-corrected chi connectivity index (χ1v) is 7.56. The highest BCUT2D eigenvalue weighted by Crippen LogP contribution is 2.17. The molecule has 1 aromatic carbocycles. The van der Waals surface area contributed by atoms with Crippen molar-refractivity contribution in [2.24, 2.45) is 0 Å². The van der Waals surface area contributed by atoms with Gasteiger partial charge in [-0.1, -0.05) is 12.1 Å². The zero-order chi connectivity index (χ0) is 14.8. The number of aliphatic hydroxyl groups excluding tert-OH is 1. The van der Waals surface area contributed by atoms with Crippen LogP contribution in [0.25, 0.3) is 0 Å². The van der Waals surface area contributed by atoms with Crippen LogP contribution in [0.2, 0.25) is 0 Å². The van der Waals surface area contributed by atoms with Crippen molar-refractivity contribution in [2.75, 3.05) is 0 Å². The van der Waals surface area contributed by atoms with Crippen LogP contribution in [0.3, 0.4) is 0 Å². The summed E-state index contributed by atoms with van der Waals surface area (Å²) in [6, 6.07) is 6.16. The molecular weight excluding hydrogens is 280 g/mol. The Kier molecular flexibility index (Phi) is 4.22. The molecule has 1 aromatic heterocycles. The number of rotatable bonds is 5. The van der Waals surface area contributed by atoms with E-state index in [1.165, 1.54) is 18.3 Å². The number of hydrogen-bond acceptors (Lipinski definition) is 5. The van der Waals surface area contributed by atoms with Crippen LogP contribution >= 0.6 is 0 Å². The highest BCUT2D eigenvalue weighted by atomic mass is 32.2. The topological polar surface area (TPSA) is 92.4 Å². The third kappa shape index (κ3) is 3.44. The molecule has 0 saturated heterocycles. The Morgan fingerprint density at radius 3 is 2.80 bits per heavy atom. The van der Waals surface area contributed by atoms with Gasteiger partial charge in [0.25, 0.3) is 0 Å². The van der Waals surface area contributed by atoms with Gasteiger partial charge in [-0.05, 0) is 31.5 Å². The van der Waals surface area contributed by atoms with E-state index in [0.29, 0.717) is 17.2 Å². The van der Waals surface area contributed by atoms with Crippen molar-refractivity contribution in [3.05, 3.63) is 47.7 Å². The first-order chi connectivity index (χ1) is 9.38. The van der Waals surface area contributed by atoms with Crippen LogP contribution < -0.4 is 4.72 Å². The van der Waals surface area contributed by atoms with Gasteiger partial charge in [-0.25, -0.2) is 18.1 Å². The van der Waals surface area contributed by atoms with E-state index in [0.717, 1.165) is 0 Å². The molecule has 2 rings (SSSR count). The molecule has 2 N–H and O–H groups in total. The molecule has 1 unspecified atom stereocenters. The summed E-state index contributed by atoms with van der Waals surface area (Å²) >= 11 is 0. The number of hydrogen-bond donors (Lipinski definition) is 2. The van der Waals surface area contributed by atoms with Gasteiger partial charge in [0.2, 0.25) is 15.9 Å². The Balaban J connectivity index is 2.15. The highest BCUT2D eigenvalue weighted by molar-refractivity contribution is 7.89. The van der Waals surface area contributed by atoms with Gasteiger partial charge in [0.1, 0.15) is 5.76 Å². The van der Waals surface area contributed by atoms with Crippen molar-refractivity contribution in [3.8, 4) is 0 Å². The second-order valence-electron chi connectivity index (χ2n) is 4.44. The van der Waals surface area contributed by atoms with Crippen LogP contribution in [0.15, 0.2) is 39.8 Å². The van der Waals surface area contributed by atoms with Gasteiger partial charge < -0.3 is 9.52 Å². The number of benzene rings is 1. The number of aliphatic hydroxyl groups is 1. The molecule has 108 valence electrons. The van der Waals surface area contributed by atoms with E-state index in [-0.39, 0.29) is 11.4 Å². The van der Waals surface area contributed by atoms with E-state index < -0.39 is 16.1 Å². The lowest BCUT2D eigenvalue weighted by Gasteiger charge is -2.08. The lowest BCUT2D eigenvalue weighted by molar-refractivity contribution is 0.199. The minimum Gasteiger partial charge on any atom is -0.445 e. The third-order valence-electron chi connectivity index (χ3n) is 2.73. The van der Waals surface area contributed by atoms with Gasteiger partial charge in [0, 0.05) is 0 Å². The first-order valence-electron chi connectivity index (χ1n) is 6.07. The molecule has 0 radical (unpaired) electrons. The lowest BCUT2D eigenvalue weighted by Crippen LogP contribution is -2.23. The van der Waals surface area contributed by atoms with Crippen molar-refractivity contribution in [1.82, 2.24) is 9.71 Å². The molecule has 7 heteroatoms. The number of nitrogens with zero attached hydrogens (tertiary/aromatic N) is 1. The van der Waals surface area contributed by atoms with Crippen LogP contribution in [0.5, 0.6) is 0 Å². The standard InChI is InChI=1S/C13H16N2O4S/c1-9-7-14-13(19-9)8-15-20(17,18)12-5-3-4-11(6-12)10(2)16/h3-7,10,15-16H,8H2,1-2H3. The summed E-state index contributed by atoms with van der Waals surface area (Å²) < 4.78 is 31.9. The van der Waals surface area contributed by atoms with E-state index in [2.05, 4.69) is 9.71 Å². The molecule has 0 saturated carbocycles. The molecule has 1 heterocycles. The van der Waals surface area contributed by atoms with Gasteiger partial charge >= 0.3 is 0 Å². The highest BCUT2D eigenvalue weighted by Gasteiger charge is 2.16. The molecule has 20 heavy (non-hydrogen) atoms. The Labute approximate surface area is 117 Å². The number of aromatic nitrogens is 1. The van der Waals surface area contributed by atoms with Crippen molar-refractivity contribution < 1.29 is 17.9 Å². The van der Waals surface area contributed by atoms with Crippen LogP contribution in [0.1, 0.15) is 30.2 Å². The maximum atomic E-state index is 12.1. The van der Waals surface area contributed by atoms with Gasteiger partial charge in [0.05, 0.1) is 23.7 Å². The van der Waals surface area contributed by atoms with Crippen LogP contribution in [0, 0.1) is 6.92 Å². The number of aryl methyl sites for hydroxylation is 1. The maximum absolute atomic E-state index is 12.1. The largest absolute Gasteiger partial charge is 0.445 e. The molecular formula is C13H16N2O4S. The molecule has 0 spiro atoms. The van der Waals surface area contributed by atoms with Crippen molar-refractivity contribution in [2.45, 2.75) is 31.4 Å². The Bertz CT molecular complexity index is 692. The summed E-state index contributed by atoms with van der Waals surface area (Å²) in [7, 11) is -3.67. The van der Waals surface area contributed by atoms with Crippen molar-refractivity contribution in [1.29, 1.82) is 0 Å². The zero-order valence-electron chi connectivity index (χ0n) is 11.2. The molecule has 6 nitrogen and oxygen atoms in total. The van der Waals surface area contributed by atoms with Gasteiger partial charge in [0.15, 0.2) is 0 Å². The maximum Gasteiger partial charge on any atom is 0.241 e. The Morgan fingerprint density at radius 2 is 2.20 bits per heavy atom. The Morgan fingerprint density at radius 1 is 1.45 bits per heavy atom. The minimum absolute atomic E-state index is 0.0188. The second-order valence-corrected chi connectivity index (χ2v) is 6.20. The average molecular weight is 296 g/mol. The Hall–Kier alpha value is -1.70. The molecule has 0 aliphatic rings. The van der Waals surface area contributed by atoms with Crippen molar-refractivity contribution in [3.63, 3.8) is 0 Å². The van der Waals surface area contributed by atoms with E-state index in [1.807, 2.05) is 0 Å². The summed E-state index contributed by atoms with van der Waals surface area (Å²) in [4.78, 5) is 4.02. The van der Waals surface area contributed by atoms with Gasteiger partial charge in [-0.15, -0.1) is 0 Å². The van der Waals surface area contributed by atoms with Gasteiger partial charge in [-0.3, -0.25) is 0 Å². The normalized spacial score (nSPS) is 13.3. The van der Waals surface area contributed by atoms with E-state index in [4.69, 9.17) is 4.42 Å². The third-order valence-corrected chi connectivity index (χ3v) is 4.13. The molecule has 0 aliphatic heterocycles. The van der Waals surface area contributed by atoms with Gasteiger partial charge in [-0.2, -0.15) is 0 Å². The van der Waals surface area contributed by atoms with Crippen LogP contribution in [-0.2, 0) is 16.6 Å². The molecule has 2 aromatic rings. The number of oxazole rings is 1. The molecule has 0 fully saturated rings. The first kappa shape index (κ1) is 14.7. The molecule has 0 amide bonds. The quantitative estimate of drug-likeness (QED) is 0.872. The summed E-state index contributed by atoms with van der Waals surface area (Å²) in [6.45, 7) is 3.29. The fraction of sp³-hybridized carbons (Fsp3) is 0.308. The summed E-state index contributed by atoms with van der Waals surface area (Å²) in [5.41, 5.74) is 0.542. The van der Waals surface area contributed by atoms with E-state index in [9.17, 15) is 13.5 Å². The minimum atomic E-state index is -3.67. The lowest BCUT2D eigenvalue weighted by atomic mass is 10.1. The summed E-state index contributed by atoms with van der Waals surface area (Å²) in [5, 5.41) is 9.48. The van der Waals surface area contributed by atoms with E-state index in [1.54, 1.807) is 26.0 Å². The SMILES string of the molecule is Cc1cnc(CNS(=O)(=O)c2cccc(C(C)O)c2)o1. The van der Waals surface area contributed by atoms with Crippen molar-refractivity contribution >= 4 is 10.0 Å². The molecule has 0 aliphatic carbocycles. The zero-order valence-corrected chi connectivity index (χ0v) is 12.0. The summed E-state index contributed by atoms with van der Waals surface area (Å²) in [5.74, 6) is 0.924. The predicted molar refractivity (Wildman–Crippen MR) is 72.3 cm³/mol. The van der Waals surface area contributed by atoms with Crippen LogP contribution in [0.4, 0.5) is 0 Å². The molecule has 0 bridgehead atoms. The summed E-state index contributed by atoms with van der Waals surface area (Å²) in [6.07, 6.45) is 0.803. The number of nitrogens with one attached hydrogen (secondary N) is 1. The fourth-order valence-corrected chi connectivity index (χ4v) is 2.69. The van der Waals surface area contributed by atoms with Crippen LogP contribution in [-0.4, -0.2) is 18.5 Å². The fourth-order valence-electron chi connectivity index (χ4n) is 1.66. The smallest absolute Gasteiger partial charge is 0.241 e. The second kappa shape index (κ2) is 5.74. The molecule has 1 atom stereocenters. The number of sulfonamides is 1. The van der Waals surface area contributed by atoms with E-state index >= 15 is 0 Å². The predicted octanol–water partition coefficient (Wildman–Crippen LogP) is 1.51.